The molecule has 0 aliphatic rings. The minimum absolute atomic E-state index is 0.392. The average Bonchev–Trinajstić information content (AvgIpc) is 2.85. The Morgan fingerprint density at radius 3 is 2.63 bits per heavy atom. The van der Waals surface area contributed by atoms with E-state index in [0.717, 1.165) is 26.1 Å². The molecule has 0 aromatic carbocycles. The molecular formula is C15H29N3O. The van der Waals surface area contributed by atoms with Crippen molar-refractivity contribution in [3.8, 4) is 0 Å². The third-order valence-electron chi connectivity index (χ3n) is 4.19. The molecule has 0 saturated heterocycles. The molecule has 1 heterocycles. The van der Waals surface area contributed by atoms with Crippen LogP contribution in [0.2, 0.25) is 0 Å². The molecule has 0 unspecified atom stereocenters. The molecular weight excluding hydrogens is 238 g/mol. The van der Waals surface area contributed by atoms with Gasteiger partial charge in [0.25, 0.3) is 0 Å². The Morgan fingerprint density at radius 2 is 2.11 bits per heavy atom. The van der Waals surface area contributed by atoms with E-state index in [1.807, 2.05) is 17.9 Å². The summed E-state index contributed by atoms with van der Waals surface area (Å²) in [6, 6.07) is 0. The second-order valence-electron chi connectivity index (χ2n) is 5.40. The van der Waals surface area contributed by atoms with Gasteiger partial charge in [0, 0.05) is 33.4 Å². The van der Waals surface area contributed by atoms with E-state index in [2.05, 4.69) is 30.5 Å². The Morgan fingerprint density at radius 1 is 1.37 bits per heavy atom. The van der Waals surface area contributed by atoms with Crippen LogP contribution in [0.15, 0.2) is 12.4 Å². The normalized spacial score (nSPS) is 12.0. The molecule has 0 fully saturated rings. The molecule has 0 saturated carbocycles. The Kier molecular flexibility index (Phi) is 7.10. The van der Waals surface area contributed by atoms with Gasteiger partial charge in [-0.05, 0) is 36.7 Å². The van der Waals surface area contributed by atoms with Crippen LogP contribution in [0.1, 0.15) is 38.7 Å². The smallest absolute Gasteiger partial charge is 0.0587 e. The summed E-state index contributed by atoms with van der Waals surface area (Å²) >= 11 is 0. The summed E-state index contributed by atoms with van der Waals surface area (Å²) in [7, 11) is 3.72. The van der Waals surface area contributed by atoms with Crippen molar-refractivity contribution in [3.63, 3.8) is 0 Å². The summed E-state index contributed by atoms with van der Waals surface area (Å²) in [6.07, 6.45) is 8.85. The number of rotatable bonds is 10. The van der Waals surface area contributed by atoms with Crippen LogP contribution in [-0.2, 0) is 18.2 Å². The van der Waals surface area contributed by atoms with Gasteiger partial charge in [0.2, 0.25) is 0 Å². The van der Waals surface area contributed by atoms with Gasteiger partial charge in [-0.15, -0.1) is 0 Å². The van der Waals surface area contributed by atoms with Gasteiger partial charge in [-0.2, -0.15) is 5.10 Å². The lowest BCUT2D eigenvalue weighted by atomic mass is 9.77. The summed E-state index contributed by atoms with van der Waals surface area (Å²) in [5.41, 5.74) is 1.73. The van der Waals surface area contributed by atoms with E-state index in [1.165, 1.54) is 24.8 Å². The number of ether oxygens (including phenoxy) is 1. The predicted octanol–water partition coefficient (Wildman–Crippen LogP) is 2.40. The minimum Gasteiger partial charge on any atom is -0.383 e. The predicted molar refractivity (Wildman–Crippen MR) is 79.3 cm³/mol. The highest BCUT2D eigenvalue weighted by molar-refractivity contribution is 5.04. The SMILES string of the molecule is CCC(CC)(CCc1cnn(C)c1)CNCCOC. The zero-order chi connectivity index (χ0) is 14.1. The fourth-order valence-electron chi connectivity index (χ4n) is 2.48. The fourth-order valence-corrected chi connectivity index (χ4v) is 2.48. The van der Waals surface area contributed by atoms with Crippen molar-refractivity contribution < 1.29 is 4.74 Å². The number of hydrogen-bond donors (Lipinski definition) is 1. The van der Waals surface area contributed by atoms with Gasteiger partial charge in [-0.25, -0.2) is 0 Å². The van der Waals surface area contributed by atoms with Crippen molar-refractivity contribution in [3.05, 3.63) is 18.0 Å². The minimum atomic E-state index is 0.392. The first-order chi connectivity index (χ1) is 9.15. The van der Waals surface area contributed by atoms with Crippen molar-refractivity contribution in [2.24, 2.45) is 12.5 Å². The first kappa shape index (κ1) is 16.2. The molecule has 19 heavy (non-hydrogen) atoms. The molecule has 0 atom stereocenters. The fraction of sp³-hybridized carbons (Fsp3) is 0.800. The van der Waals surface area contributed by atoms with E-state index in [9.17, 15) is 0 Å². The highest BCUT2D eigenvalue weighted by Crippen LogP contribution is 2.31. The van der Waals surface area contributed by atoms with Crippen LogP contribution in [0.5, 0.6) is 0 Å². The summed E-state index contributed by atoms with van der Waals surface area (Å²) in [5, 5.41) is 7.76. The summed E-state index contributed by atoms with van der Waals surface area (Å²) in [6.45, 7) is 7.39. The zero-order valence-electron chi connectivity index (χ0n) is 12.9. The maximum atomic E-state index is 5.08. The molecule has 0 bridgehead atoms. The van der Waals surface area contributed by atoms with Gasteiger partial charge in [-0.3, -0.25) is 4.68 Å². The molecule has 1 N–H and O–H groups in total. The van der Waals surface area contributed by atoms with Crippen LogP contribution in [-0.4, -0.2) is 36.6 Å². The summed E-state index contributed by atoms with van der Waals surface area (Å²) < 4.78 is 6.96. The van der Waals surface area contributed by atoms with Gasteiger partial charge in [0.05, 0.1) is 12.8 Å². The lowest BCUT2D eigenvalue weighted by molar-refractivity contribution is 0.182. The zero-order valence-corrected chi connectivity index (χ0v) is 12.9. The van der Waals surface area contributed by atoms with Crippen molar-refractivity contribution in [1.29, 1.82) is 0 Å². The average molecular weight is 267 g/mol. The van der Waals surface area contributed by atoms with E-state index in [1.54, 1.807) is 7.11 Å². The van der Waals surface area contributed by atoms with Crippen LogP contribution < -0.4 is 5.32 Å². The molecule has 4 heteroatoms. The number of aryl methyl sites for hydroxylation is 2. The molecule has 0 aliphatic carbocycles. The number of nitrogens with zero attached hydrogens (tertiary/aromatic N) is 2. The molecule has 1 aromatic rings. The van der Waals surface area contributed by atoms with Gasteiger partial charge in [0.15, 0.2) is 0 Å². The van der Waals surface area contributed by atoms with E-state index in [0.29, 0.717) is 5.41 Å². The van der Waals surface area contributed by atoms with E-state index >= 15 is 0 Å². The van der Waals surface area contributed by atoms with Crippen molar-refractivity contribution >= 4 is 0 Å². The summed E-state index contributed by atoms with van der Waals surface area (Å²) in [5.74, 6) is 0. The lowest BCUT2D eigenvalue weighted by Crippen LogP contribution is -2.35. The van der Waals surface area contributed by atoms with Gasteiger partial charge in [0.1, 0.15) is 0 Å². The van der Waals surface area contributed by atoms with Crippen LogP contribution in [0, 0.1) is 5.41 Å². The Balaban J connectivity index is 2.45. The molecule has 110 valence electrons. The van der Waals surface area contributed by atoms with Crippen LogP contribution in [0.3, 0.4) is 0 Å². The van der Waals surface area contributed by atoms with Gasteiger partial charge in [-0.1, -0.05) is 13.8 Å². The molecule has 0 spiro atoms. The third kappa shape index (κ3) is 5.33. The quantitative estimate of drug-likeness (QED) is 0.662. The number of nitrogens with one attached hydrogen (secondary N) is 1. The molecule has 1 aromatic heterocycles. The maximum absolute atomic E-state index is 5.08. The van der Waals surface area contributed by atoms with Crippen molar-refractivity contribution in [2.45, 2.75) is 39.5 Å². The maximum Gasteiger partial charge on any atom is 0.0587 e. The van der Waals surface area contributed by atoms with Crippen LogP contribution >= 0.6 is 0 Å². The van der Waals surface area contributed by atoms with Gasteiger partial charge >= 0.3 is 0 Å². The van der Waals surface area contributed by atoms with Crippen LogP contribution in [0.25, 0.3) is 0 Å². The largest absolute Gasteiger partial charge is 0.383 e. The van der Waals surface area contributed by atoms with E-state index < -0.39 is 0 Å². The molecule has 1 rings (SSSR count). The molecule has 0 amide bonds. The van der Waals surface area contributed by atoms with Crippen molar-refractivity contribution in [2.75, 3.05) is 26.8 Å². The highest BCUT2D eigenvalue weighted by Gasteiger charge is 2.25. The number of hydrogen-bond acceptors (Lipinski definition) is 3. The molecule has 0 radical (unpaired) electrons. The highest BCUT2D eigenvalue weighted by atomic mass is 16.5. The monoisotopic (exact) mass is 267 g/mol. The Labute approximate surface area is 117 Å². The molecule has 4 nitrogen and oxygen atoms in total. The number of aromatic nitrogens is 2. The summed E-state index contributed by atoms with van der Waals surface area (Å²) in [4.78, 5) is 0. The second-order valence-corrected chi connectivity index (χ2v) is 5.40. The lowest BCUT2D eigenvalue weighted by Gasteiger charge is -2.32. The first-order valence-corrected chi connectivity index (χ1v) is 7.33. The van der Waals surface area contributed by atoms with Crippen LogP contribution in [0.4, 0.5) is 0 Å². The topological polar surface area (TPSA) is 39.1 Å². The van der Waals surface area contributed by atoms with E-state index in [-0.39, 0.29) is 0 Å². The standard InChI is InChI=1S/C15H29N3O/c1-5-15(6-2,13-16-9-10-19-4)8-7-14-11-17-18(3)12-14/h11-12,16H,5-10,13H2,1-4H3. The Hall–Kier alpha value is -0.870. The Bertz CT molecular complexity index is 345. The first-order valence-electron chi connectivity index (χ1n) is 7.33. The van der Waals surface area contributed by atoms with E-state index in [4.69, 9.17) is 4.74 Å². The second kappa shape index (κ2) is 8.33. The third-order valence-corrected chi connectivity index (χ3v) is 4.19. The molecule has 0 aliphatic heterocycles. The van der Waals surface area contributed by atoms with Crippen molar-refractivity contribution in [1.82, 2.24) is 15.1 Å². The van der Waals surface area contributed by atoms with Gasteiger partial charge < -0.3 is 10.1 Å². The number of methoxy groups -OCH3 is 1.